The van der Waals surface area contributed by atoms with Gasteiger partial charge in [0.1, 0.15) is 11.6 Å². The fourth-order valence-corrected chi connectivity index (χ4v) is 1.94. The van der Waals surface area contributed by atoms with E-state index in [2.05, 4.69) is 5.32 Å². The molecule has 0 aliphatic heterocycles. The third-order valence-electron chi connectivity index (χ3n) is 3.37. The van der Waals surface area contributed by atoms with Crippen molar-refractivity contribution in [2.45, 2.75) is 20.3 Å². The molecule has 1 amide bonds. The van der Waals surface area contributed by atoms with Gasteiger partial charge < -0.3 is 10.4 Å². The van der Waals surface area contributed by atoms with Crippen LogP contribution in [0, 0.1) is 23.0 Å². The molecule has 1 atom stereocenters. The zero-order valence-corrected chi connectivity index (χ0v) is 10.5. The number of halogens is 2. The van der Waals surface area contributed by atoms with Crippen molar-refractivity contribution in [3.63, 3.8) is 0 Å². The van der Waals surface area contributed by atoms with E-state index in [1.807, 2.05) is 13.8 Å². The second-order valence-electron chi connectivity index (χ2n) is 5.35. The molecule has 2 N–H and O–H groups in total. The van der Waals surface area contributed by atoms with Crippen LogP contribution in [0.2, 0.25) is 0 Å². The van der Waals surface area contributed by atoms with Gasteiger partial charge in [0.25, 0.3) is 0 Å². The third kappa shape index (κ3) is 2.57. The maximum absolute atomic E-state index is 13.5. The highest BCUT2D eigenvalue weighted by atomic mass is 19.1. The first-order valence-electron chi connectivity index (χ1n) is 5.75. The van der Waals surface area contributed by atoms with E-state index in [1.165, 1.54) is 0 Å². The number of benzene rings is 1. The summed E-state index contributed by atoms with van der Waals surface area (Å²) in [6.45, 7) is 3.81. The van der Waals surface area contributed by atoms with E-state index in [0.29, 0.717) is 12.5 Å². The number of rotatable bonds is 3. The van der Waals surface area contributed by atoms with Gasteiger partial charge in [-0.1, -0.05) is 13.8 Å². The van der Waals surface area contributed by atoms with Crippen LogP contribution < -0.4 is 5.32 Å². The van der Waals surface area contributed by atoms with E-state index >= 15 is 0 Å². The monoisotopic (exact) mass is 269 g/mol. The van der Waals surface area contributed by atoms with Crippen molar-refractivity contribution < 1.29 is 23.5 Å². The summed E-state index contributed by atoms with van der Waals surface area (Å²) in [6, 6.07) is 1.25. The Hall–Kier alpha value is -1.98. The van der Waals surface area contributed by atoms with Crippen molar-refractivity contribution in [1.29, 1.82) is 0 Å². The summed E-state index contributed by atoms with van der Waals surface area (Å²) in [5.41, 5.74) is -1.12. The third-order valence-corrected chi connectivity index (χ3v) is 3.37. The van der Waals surface area contributed by atoms with Crippen LogP contribution in [0.25, 0.3) is 0 Å². The molecule has 1 fully saturated rings. The van der Waals surface area contributed by atoms with Crippen molar-refractivity contribution in [3.05, 3.63) is 29.3 Å². The van der Waals surface area contributed by atoms with E-state index < -0.39 is 23.2 Å². The van der Waals surface area contributed by atoms with E-state index in [1.54, 1.807) is 0 Å². The number of amides is 1. The summed E-state index contributed by atoms with van der Waals surface area (Å²) in [4.78, 5) is 22.5. The minimum atomic E-state index is -1.51. The number of carboxylic acids is 1. The molecule has 0 aromatic heterocycles. The average Bonchev–Trinajstić information content (AvgIpc) is 2.91. The number of carbonyl (C=O) groups is 2. The van der Waals surface area contributed by atoms with Crippen LogP contribution in [0.4, 0.5) is 14.5 Å². The second-order valence-corrected chi connectivity index (χ2v) is 5.35. The minimum Gasteiger partial charge on any atom is -0.478 e. The molecule has 1 unspecified atom stereocenters. The van der Waals surface area contributed by atoms with Gasteiger partial charge in [0.2, 0.25) is 5.91 Å². The number of carboxylic acid groups (broad SMARTS) is 1. The first-order valence-corrected chi connectivity index (χ1v) is 5.75. The normalized spacial score (nSPS) is 19.9. The summed E-state index contributed by atoms with van der Waals surface area (Å²) in [7, 11) is 0. The van der Waals surface area contributed by atoms with Crippen LogP contribution >= 0.6 is 0 Å². The van der Waals surface area contributed by atoms with Gasteiger partial charge in [-0.2, -0.15) is 0 Å². The largest absolute Gasteiger partial charge is 0.478 e. The van der Waals surface area contributed by atoms with Crippen LogP contribution in [0.15, 0.2) is 12.1 Å². The molecular weight excluding hydrogens is 256 g/mol. The lowest BCUT2D eigenvalue weighted by Gasteiger charge is -2.09. The van der Waals surface area contributed by atoms with Crippen molar-refractivity contribution in [3.8, 4) is 0 Å². The predicted octanol–water partition coefficient (Wildman–Crippen LogP) is 2.65. The summed E-state index contributed by atoms with van der Waals surface area (Å²) in [5, 5.41) is 11.1. The molecule has 1 aromatic rings. The molecule has 0 heterocycles. The Morgan fingerprint density at radius 2 is 1.89 bits per heavy atom. The van der Waals surface area contributed by atoms with Crippen molar-refractivity contribution in [2.75, 3.05) is 5.32 Å². The number of anilines is 1. The molecule has 19 heavy (non-hydrogen) atoms. The van der Waals surface area contributed by atoms with Crippen LogP contribution in [-0.4, -0.2) is 17.0 Å². The molecule has 1 aromatic carbocycles. The maximum Gasteiger partial charge on any atom is 0.338 e. The van der Waals surface area contributed by atoms with E-state index in [-0.39, 0.29) is 22.9 Å². The Morgan fingerprint density at radius 3 is 2.37 bits per heavy atom. The quantitative estimate of drug-likeness (QED) is 0.886. The molecule has 102 valence electrons. The number of hydrogen-bond donors (Lipinski definition) is 2. The smallest absolute Gasteiger partial charge is 0.338 e. The Kier molecular flexibility index (Phi) is 3.04. The number of nitrogens with one attached hydrogen (secondary N) is 1. The number of carbonyl (C=O) groups excluding carboxylic acids is 1. The molecule has 0 spiro atoms. The lowest BCUT2D eigenvalue weighted by Crippen LogP contribution is -2.18. The molecule has 6 heteroatoms. The highest BCUT2D eigenvalue weighted by Gasteiger charge is 2.50. The highest BCUT2D eigenvalue weighted by Crippen LogP contribution is 2.52. The van der Waals surface area contributed by atoms with Crippen LogP contribution in [0.5, 0.6) is 0 Å². The standard InChI is InChI=1S/C13H13F2NO3/c1-13(2)5-7(13)11(17)16-10-3-6(12(18)19)8(14)4-9(10)15/h3-4,7H,5H2,1-2H3,(H,16,17)(H,18,19). The average molecular weight is 269 g/mol. The first kappa shape index (κ1) is 13.5. The molecule has 4 nitrogen and oxygen atoms in total. The Labute approximate surface area is 108 Å². The maximum atomic E-state index is 13.5. The van der Waals surface area contributed by atoms with Crippen LogP contribution in [-0.2, 0) is 4.79 Å². The zero-order chi connectivity index (χ0) is 14.4. The Morgan fingerprint density at radius 1 is 1.32 bits per heavy atom. The van der Waals surface area contributed by atoms with Crippen LogP contribution in [0.1, 0.15) is 30.6 Å². The van der Waals surface area contributed by atoms with Gasteiger partial charge >= 0.3 is 5.97 Å². The zero-order valence-electron chi connectivity index (χ0n) is 10.5. The van der Waals surface area contributed by atoms with Crippen molar-refractivity contribution in [1.82, 2.24) is 0 Å². The number of hydrogen-bond acceptors (Lipinski definition) is 2. The SMILES string of the molecule is CC1(C)CC1C(=O)Nc1cc(C(=O)O)c(F)cc1F. The van der Waals surface area contributed by atoms with E-state index in [0.717, 1.165) is 6.07 Å². The molecule has 1 aliphatic carbocycles. The fraction of sp³-hybridized carbons (Fsp3) is 0.385. The molecule has 1 aliphatic rings. The van der Waals surface area contributed by atoms with Gasteiger partial charge in [0.15, 0.2) is 0 Å². The van der Waals surface area contributed by atoms with Gasteiger partial charge in [-0.25, -0.2) is 13.6 Å². The molecule has 1 saturated carbocycles. The summed E-state index contributed by atoms with van der Waals surface area (Å²) >= 11 is 0. The molecule has 0 saturated heterocycles. The Bertz CT molecular complexity index is 569. The molecule has 0 radical (unpaired) electrons. The van der Waals surface area contributed by atoms with Crippen molar-refractivity contribution >= 4 is 17.6 Å². The highest BCUT2D eigenvalue weighted by molar-refractivity contribution is 5.96. The summed E-state index contributed by atoms with van der Waals surface area (Å²) in [6.07, 6.45) is 0.688. The second kappa shape index (κ2) is 4.29. The van der Waals surface area contributed by atoms with Gasteiger partial charge in [-0.3, -0.25) is 4.79 Å². The van der Waals surface area contributed by atoms with E-state index in [9.17, 15) is 18.4 Å². The van der Waals surface area contributed by atoms with Gasteiger partial charge in [-0.05, 0) is 17.9 Å². The minimum absolute atomic E-state index is 0.129. The predicted molar refractivity (Wildman–Crippen MR) is 63.8 cm³/mol. The number of aromatic carboxylic acids is 1. The van der Waals surface area contributed by atoms with Gasteiger partial charge in [0.05, 0.1) is 11.3 Å². The fourth-order valence-electron chi connectivity index (χ4n) is 1.94. The lowest BCUT2D eigenvalue weighted by atomic mass is 10.1. The Balaban J connectivity index is 2.23. The van der Waals surface area contributed by atoms with Gasteiger partial charge in [-0.15, -0.1) is 0 Å². The molecular formula is C13H13F2NO3. The lowest BCUT2D eigenvalue weighted by molar-refractivity contribution is -0.118. The van der Waals surface area contributed by atoms with Crippen LogP contribution in [0.3, 0.4) is 0 Å². The summed E-state index contributed by atoms with van der Waals surface area (Å²) in [5.74, 6) is -4.29. The topological polar surface area (TPSA) is 66.4 Å². The first-order chi connectivity index (χ1) is 8.72. The molecule has 0 bridgehead atoms. The van der Waals surface area contributed by atoms with E-state index in [4.69, 9.17) is 5.11 Å². The van der Waals surface area contributed by atoms with Gasteiger partial charge in [0, 0.05) is 12.0 Å². The molecule has 2 rings (SSSR count). The summed E-state index contributed by atoms with van der Waals surface area (Å²) < 4.78 is 26.7. The van der Waals surface area contributed by atoms with Crippen molar-refractivity contribution in [2.24, 2.45) is 11.3 Å².